The summed E-state index contributed by atoms with van der Waals surface area (Å²) in [4.78, 5) is 49.0. The molecule has 3 aliphatic heterocycles. The van der Waals surface area contributed by atoms with Gasteiger partial charge in [-0.05, 0) is 58.6 Å². The minimum absolute atomic E-state index is 0.0979. The van der Waals surface area contributed by atoms with E-state index in [2.05, 4.69) is 14.7 Å². The number of pyridine rings is 1. The maximum Gasteiger partial charge on any atom is 0.418 e. The molecule has 1 aromatic heterocycles. The van der Waals surface area contributed by atoms with E-state index in [-0.39, 0.29) is 19.1 Å². The van der Waals surface area contributed by atoms with Crippen LogP contribution in [-0.2, 0) is 29.1 Å². The number of hydroxylamine groups is 3. The Hall–Kier alpha value is -3.01. The van der Waals surface area contributed by atoms with Crippen LogP contribution in [0.2, 0.25) is 0 Å². The number of nitrogens with one attached hydrogen (secondary N) is 1. The number of hydrogen-bond donors (Lipinski definition) is 2. The van der Waals surface area contributed by atoms with Gasteiger partial charge in [0.25, 0.3) is 5.91 Å². The molecule has 3 saturated heterocycles. The van der Waals surface area contributed by atoms with E-state index in [0.29, 0.717) is 37.4 Å². The molecule has 4 rings (SSSR count). The first kappa shape index (κ1) is 28.6. The molecule has 3 aliphatic rings. The van der Waals surface area contributed by atoms with E-state index < -0.39 is 46.1 Å². The Balaban J connectivity index is 0.000000555. The van der Waals surface area contributed by atoms with Crippen molar-refractivity contribution in [3.05, 3.63) is 30.6 Å². The lowest BCUT2D eigenvalue weighted by Crippen LogP contribution is -2.51. The lowest BCUT2D eigenvalue weighted by atomic mass is 10.0. The maximum atomic E-state index is 12.6. The predicted octanol–water partition coefficient (Wildman–Crippen LogP) is 1.52. The zero-order valence-electron chi connectivity index (χ0n) is 21.0. The molecule has 1 aromatic rings. The Labute approximate surface area is 215 Å². The predicted molar refractivity (Wildman–Crippen MR) is 128 cm³/mol. The first-order chi connectivity index (χ1) is 17.3. The van der Waals surface area contributed by atoms with Crippen molar-refractivity contribution in [3.8, 4) is 0 Å². The van der Waals surface area contributed by atoms with Crippen molar-refractivity contribution < 1.29 is 41.2 Å². The van der Waals surface area contributed by atoms with Crippen molar-refractivity contribution in [2.75, 3.05) is 19.6 Å². The summed E-state index contributed by atoms with van der Waals surface area (Å²) in [6.07, 6.45) is 4.43. The van der Waals surface area contributed by atoms with Crippen molar-refractivity contribution in [3.63, 3.8) is 0 Å². The number of rotatable bonds is 5. The highest BCUT2D eigenvalue weighted by Gasteiger charge is 2.49. The monoisotopic (exact) mass is 543 g/mol. The molecule has 37 heavy (non-hydrogen) atoms. The Morgan fingerprint density at radius 2 is 1.73 bits per heavy atom. The number of carbonyl (C=O) groups is 3. The molecule has 4 amide bonds. The standard InChI is InChI=1S/C17H28N4O9S.C5H5N/c1-17(2,3)28-16(24)19-8-6-12(7-9-19)29-18-14(22)13-5-4-11-10-20(13)15(23)21(11)30-31(25,26)27;1-2-4-6-5-3-1/h11-13H,4-10H2,1-3H3,(H,18,22)(H,25,26,27);1-5H/t11-,13+;/m1./s1. The first-order valence-corrected chi connectivity index (χ1v) is 13.3. The molecule has 0 spiro atoms. The zero-order valence-corrected chi connectivity index (χ0v) is 21.8. The highest BCUT2D eigenvalue weighted by Crippen LogP contribution is 2.30. The summed E-state index contributed by atoms with van der Waals surface area (Å²) in [5, 5.41) is 0.579. The van der Waals surface area contributed by atoms with Crippen molar-refractivity contribution in [1.82, 2.24) is 25.3 Å². The number of nitrogens with zero attached hydrogens (tertiary/aromatic N) is 4. The van der Waals surface area contributed by atoms with Crippen molar-refractivity contribution in [2.24, 2.45) is 0 Å². The molecule has 15 heteroatoms. The van der Waals surface area contributed by atoms with Gasteiger partial charge in [0.2, 0.25) is 0 Å². The third-order valence-corrected chi connectivity index (χ3v) is 6.14. The summed E-state index contributed by atoms with van der Waals surface area (Å²) in [6, 6.07) is 3.48. The molecule has 2 N–H and O–H groups in total. The molecule has 206 valence electrons. The molecule has 4 heterocycles. The van der Waals surface area contributed by atoms with Crippen LogP contribution in [0.25, 0.3) is 0 Å². The van der Waals surface area contributed by atoms with Gasteiger partial charge in [-0.1, -0.05) is 6.07 Å². The number of amides is 4. The second kappa shape index (κ2) is 12.0. The molecule has 14 nitrogen and oxygen atoms in total. The summed E-state index contributed by atoms with van der Waals surface area (Å²) in [6.45, 7) is 6.33. The van der Waals surface area contributed by atoms with E-state index in [1.807, 2.05) is 18.2 Å². The van der Waals surface area contributed by atoms with Crippen LogP contribution in [-0.4, -0.2) is 94.3 Å². The van der Waals surface area contributed by atoms with Gasteiger partial charge in [-0.25, -0.2) is 15.1 Å². The normalized spacial score (nSPS) is 22.3. The fraction of sp³-hybridized carbons (Fsp3) is 0.636. The average Bonchev–Trinajstić information content (AvgIpc) is 3.07. The average molecular weight is 544 g/mol. The molecule has 3 fully saturated rings. The Bertz CT molecular complexity index is 1020. The number of fused-ring (bicyclic) bond motifs is 2. The van der Waals surface area contributed by atoms with Crippen LogP contribution in [0.15, 0.2) is 30.6 Å². The highest BCUT2D eigenvalue weighted by atomic mass is 32.3. The van der Waals surface area contributed by atoms with Gasteiger partial charge < -0.3 is 14.5 Å². The number of urea groups is 1. The summed E-state index contributed by atoms with van der Waals surface area (Å²) in [5.41, 5.74) is 1.80. The van der Waals surface area contributed by atoms with Crippen LogP contribution in [0.4, 0.5) is 9.59 Å². The van der Waals surface area contributed by atoms with Crippen molar-refractivity contribution >= 4 is 28.4 Å². The molecule has 0 saturated carbocycles. The number of aromatic nitrogens is 1. The topological polar surface area (TPSA) is 168 Å². The molecule has 0 aliphatic carbocycles. The van der Waals surface area contributed by atoms with Gasteiger partial charge in [0.05, 0.1) is 12.1 Å². The van der Waals surface area contributed by atoms with E-state index in [1.54, 1.807) is 38.1 Å². The Morgan fingerprint density at radius 1 is 1.08 bits per heavy atom. The van der Waals surface area contributed by atoms with Gasteiger partial charge in [-0.2, -0.15) is 13.5 Å². The van der Waals surface area contributed by atoms with Crippen LogP contribution < -0.4 is 5.48 Å². The fourth-order valence-corrected chi connectivity index (χ4v) is 4.50. The van der Waals surface area contributed by atoms with Gasteiger partial charge >= 0.3 is 22.5 Å². The highest BCUT2D eigenvalue weighted by molar-refractivity contribution is 7.80. The zero-order chi connectivity index (χ0) is 27.2. The SMILES string of the molecule is CC(C)(C)OC(=O)N1CCC(ONC(=O)[C@@H]2CC[C@@H]3CN2C(=O)N3OS(=O)(=O)O)CC1.c1ccncc1. The quantitative estimate of drug-likeness (QED) is 0.410. The number of likely N-dealkylation sites (tertiary alicyclic amines) is 1. The number of piperidine rings is 2. The summed E-state index contributed by atoms with van der Waals surface area (Å²) < 4.78 is 40.4. The maximum absolute atomic E-state index is 12.6. The minimum Gasteiger partial charge on any atom is -0.444 e. The molecule has 0 aromatic carbocycles. The molecular formula is C22H33N5O9S. The molecule has 2 atom stereocenters. The van der Waals surface area contributed by atoms with Crippen molar-refractivity contribution in [2.45, 2.75) is 70.2 Å². The largest absolute Gasteiger partial charge is 0.444 e. The fourth-order valence-electron chi connectivity index (χ4n) is 4.11. The van der Waals surface area contributed by atoms with Crippen LogP contribution in [0, 0.1) is 0 Å². The van der Waals surface area contributed by atoms with Gasteiger partial charge in [0, 0.05) is 32.0 Å². The van der Waals surface area contributed by atoms with E-state index in [1.165, 1.54) is 4.90 Å². The molecule has 0 radical (unpaired) electrons. The minimum atomic E-state index is -4.85. The smallest absolute Gasteiger partial charge is 0.418 e. The Morgan fingerprint density at radius 3 is 2.24 bits per heavy atom. The van der Waals surface area contributed by atoms with Crippen molar-refractivity contribution in [1.29, 1.82) is 0 Å². The lowest BCUT2D eigenvalue weighted by Gasteiger charge is -2.33. The summed E-state index contributed by atoms with van der Waals surface area (Å²) in [5.74, 6) is -0.532. The Kier molecular flexibility index (Phi) is 9.28. The summed E-state index contributed by atoms with van der Waals surface area (Å²) >= 11 is 0. The van der Waals surface area contributed by atoms with Gasteiger partial charge in [0.1, 0.15) is 11.6 Å². The molecule has 0 unspecified atom stereocenters. The number of ether oxygens (including phenoxy) is 1. The van der Waals surface area contributed by atoms with E-state index in [4.69, 9.17) is 14.1 Å². The lowest BCUT2D eigenvalue weighted by molar-refractivity contribution is -0.146. The second-order valence-corrected chi connectivity index (χ2v) is 10.8. The number of hydrogen-bond acceptors (Lipinski definition) is 9. The van der Waals surface area contributed by atoms with Crippen LogP contribution in [0.5, 0.6) is 0 Å². The summed E-state index contributed by atoms with van der Waals surface area (Å²) in [7, 11) is -4.85. The molecular weight excluding hydrogens is 510 g/mol. The van der Waals surface area contributed by atoms with E-state index in [9.17, 15) is 22.8 Å². The van der Waals surface area contributed by atoms with Gasteiger partial charge in [0.15, 0.2) is 0 Å². The van der Waals surface area contributed by atoms with Gasteiger partial charge in [-0.3, -0.25) is 19.2 Å². The van der Waals surface area contributed by atoms with Crippen LogP contribution in [0.1, 0.15) is 46.5 Å². The van der Waals surface area contributed by atoms with Gasteiger partial charge in [-0.15, -0.1) is 4.28 Å². The molecule has 2 bridgehead atoms. The third-order valence-electron chi connectivity index (χ3n) is 5.79. The van der Waals surface area contributed by atoms with E-state index in [0.717, 1.165) is 0 Å². The number of carbonyl (C=O) groups excluding carboxylic acids is 3. The van der Waals surface area contributed by atoms with Crippen LogP contribution >= 0.6 is 0 Å². The second-order valence-electron chi connectivity index (χ2n) is 9.79. The van der Waals surface area contributed by atoms with E-state index >= 15 is 0 Å². The third kappa shape index (κ3) is 8.52. The first-order valence-electron chi connectivity index (χ1n) is 11.9. The van der Waals surface area contributed by atoms with Crippen LogP contribution in [0.3, 0.4) is 0 Å².